The summed E-state index contributed by atoms with van der Waals surface area (Å²) in [6, 6.07) is -0.456. The van der Waals surface area contributed by atoms with Gasteiger partial charge in [-0.15, -0.1) is 0 Å². The minimum atomic E-state index is -0.811. The van der Waals surface area contributed by atoms with E-state index in [1.807, 2.05) is 6.92 Å². The summed E-state index contributed by atoms with van der Waals surface area (Å²) in [6.45, 7) is 3.89. The number of hydrogen-bond acceptors (Lipinski definition) is 4. The molecule has 0 bridgehead atoms. The smallest absolute Gasteiger partial charge is 0.326 e. The van der Waals surface area contributed by atoms with E-state index in [0.717, 1.165) is 43.4 Å². The Labute approximate surface area is 143 Å². The Kier molecular flexibility index (Phi) is 4.83. The molecule has 1 saturated heterocycles. The molecule has 1 spiro atoms. The van der Waals surface area contributed by atoms with Crippen LogP contribution in [0.3, 0.4) is 0 Å². The van der Waals surface area contributed by atoms with Crippen molar-refractivity contribution in [1.82, 2.24) is 10.2 Å². The summed E-state index contributed by atoms with van der Waals surface area (Å²) in [5, 5.41) is 2.86. The zero-order valence-electron chi connectivity index (χ0n) is 14.7. The van der Waals surface area contributed by atoms with Gasteiger partial charge in [-0.3, -0.25) is 14.5 Å². The van der Waals surface area contributed by atoms with Gasteiger partial charge in [0.25, 0.3) is 5.91 Å². The highest BCUT2D eigenvalue weighted by molar-refractivity contribution is 6.08. The molecule has 24 heavy (non-hydrogen) atoms. The molecule has 3 amide bonds. The molecule has 0 aromatic heterocycles. The quantitative estimate of drug-likeness (QED) is 0.635. The lowest BCUT2D eigenvalue weighted by Gasteiger charge is -2.36. The number of carbonyl (C=O) groups excluding carboxylic acids is 3. The second-order valence-corrected chi connectivity index (χ2v) is 7.82. The Morgan fingerprint density at radius 1 is 1.21 bits per heavy atom. The van der Waals surface area contributed by atoms with Crippen molar-refractivity contribution in [2.45, 2.75) is 76.9 Å². The summed E-state index contributed by atoms with van der Waals surface area (Å²) in [4.78, 5) is 38.4. The number of rotatable bonds is 3. The van der Waals surface area contributed by atoms with Gasteiger partial charge in [0.15, 0.2) is 0 Å². The molecule has 6 heteroatoms. The summed E-state index contributed by atoms with van der Waals surface area (Å²) in [6.07, 6.45) is 7.47. The predicted molar refractivity (Wildman–Crippen MR) is 88.1 cm³/mol. The molecule has 3 aliphatic rings. The third-order valence-corrected chi connectivity index (χ3v) is 5.98. The van der Waals surface area contributed by atoms with Crippen LogP contribution in [0.15, 0.2) is 0 Å². The summed E-state index contributed by atoms with van der Waals surface area (Å²) in [5.41, 5.74) is -0.811. The third kappa shape index (κ3) is 3.15. The van der Waals surface area contributed by atoms with Crippen LogP contribution in [0.5, 0.6) is 0 Å². The number of esters is 1. The number of hydrogen-bond donors (Lipinski definition) is 1. The summed E-state index contributed by atoms with van der Waals surface area (Å²) >= 11 is 0. The van der Waals surface area contributed by atoms with Gasteiger partial charge in [0, 0.05) is 0 Å². The first-order chi connectivity index (χ1) is 11.4. The minimum Gasteiger partial charge on any atom is -0.461 e. The van der Waals surface area contributed by atoms with Gasteiger partial charge >= 0.3 is 12.0 Å². The molecule has 134 valence electrons. The molecule has 0 aromatic rings. The van der Waals surface area contributed by atoms with E-state index < -0.39 is 17.5 Å². The van der Waals surface area contributed by atoms with Crippen LogP contribution >= 0.6 is 0 Å². The first-order valence-corrected chi connectivity index (χ1v) is 9.26. The Morgan fingerprint density at radius 3 is 2.71 bits per heavy atom. The first kappa shape index (κ1) is 17.2. The summed E-state index contributed by atoms with van der Waals surface area (Å²) < 4.78 is 5.51. The lowest BCUT2D eigenvalue weighted by Crippen LogP contribution is -2.54. The van der Waals surface area contributed by atoms with Crippen molar-refractivity contribution in [2.75, 3.05) is 6.54 Å². The number of nitrogens with zero attached hydrogens (tertiary/aromatic N) is 1. The van der Waals surface area contributed by atoms with Crippen molar-refractivity contribution in [2.24, 2.45) is 11.8 Å². The molecule has 1 heterocycles. The van der Waals surface area contributed by atoms with E-state index in [2.05, 4.69) is 12.2 Å². The highest BCUT2D eigenvalue weighted by Gasteiger charge is 2.55. The SMILES string of the molecule is CC1CCCC(OC(=O)CN2C(=O)NC3(CCCCC3C)C2=O)C1. The van der Waals surface area contributed by atoms with Crippen molar-refractivity contribution in [3.63, 3.8) is 0 Å². The first-order valence-electron chi connectivity index (χ1n) is 9.26. The average molecular weight is 336 g/mol. The highest BCUT2D eigenvalue weighted by atomic mass is 16.5. The van der Waals surface area contributed by atoms with Crippen LogP contribution in [0.2, 0.25) is 0 Å². The van der Waals surface area contributed by atoms with Gasteiger partial charge in [0.05, 0.1) is 0 Å². The molecule has 3 fully saturated rings. The van der Waals surface area contributed by atoms with E-state index >= 15 is 0 Å². The molecule has 1 aliphatic heterocycles. The predicted octanol–water partition coefficient (Wildman–Crippen LogP) is 2.61. The lowest BCUT2D eigenvalue weighted by molar-refractivity contribution is -0.154. The number of imide groups is 1. The maximum absolute atomic E-state index is 12.8. The number of ether oxygens (including phenoxy) is 1. The van der Waals surface area contributed by atoms with Crippen molar-refractivity contribution in [3.8, 4) is 0 Å². The third-order valence-electron chi connectivity index (χ3n) is 5.98. The van der Waals surface area contributed by atoms with Gasteiger partial charge in [-0.25, -0.2) is 4.79 Å². The molecule has 1 N–H and O–H groups in total. The number of amides is 3. The second kappa shape index (κ2) is 6.73. The van der Waals surface area contributed by atoms with E-state index in [-0.39, 0.29) is 24.5 Å². The van der Waals surface area contributed by atoms with Crippen LogP contribution in [0.1, 0.15) is 65.2 Å². The van der Waals surface area contributed by atoms with Crippen LogP contribution in [0.25, 0.3) is 0 Å². The van der Waals surface area contributed by atoms with Gasteiger partial charge in [-0.05, 0) is 43.9 Å². The van der Waals surface area contributed by atoms with Crippen molar-refractivity contribution < 1.29 is 19.1 Å². The van der Waals surface area contributed by atoms with Crippen molar-refractivity contribution in [3.05, 3.63) is 0 Å². The fourth-order valence-electron chi connectivity index (χ4n) is 4.48. The van der Waals surface area contributed by atoms with Gasteiger partial charge < -0.3 is 10.1 Å². The van der Waals surface area contributed by atoms with Crippen LogP contribution in [0.4, 0.5) is 4.79 Å². The van der Waals surface area contributed by atoms with Gasteiger partial charge in [-0.2, -0.15) is 0 Å². The molecule has 0 aromatic carbocycles. The maximum atomic E-state index is 12.8. The normalized spacial score (nSPS) is 36.8. The molecule has 6 nitrogen and oxygen atoms in total. The van der Waals surface area contributed by atoms with Crippen LogP contribution < -0.4 is 5.32 Å². The van der Waals surface area contributed by atoms with Crippen molar-refractivity contribution in [1.29, 1.82) is 0 Å². The number of nitrogens with one attached hydrogen (secondary N) is 1. The number of carbonyl (C=O) groups is 3. The van der Waals surface area contributed by atoms with Crippen LogP contribution in [0, 0.1) is 11.8 Å². The van der Waals surface area contributed by atoms with Gasteiger partial charge in [-0.1, -0.05) is 33.1 Å². The largest absolute Gasteiger partial charge is 0.461 e. The zero-order chi connectivity index (χ0) is 17.3. The van der Waals surface area contributed by atoms with E-state index in [4.69, 9.17) is 4.74 Å². The molecule has 3 rings (SSSR count). The summed E-state index contributed by atoms with van der Waals surface area (Å²) in [7, 11) is 0. The molecule has 4 unspecified atom stereocenters. The molecular weight excluding hydrogens is 308 g/mol. The average Bonchev–Trinajstić information content (AvgIpc) is 2.75. The molecule has 4 atom stereocenters. The summed E-state index contributed by atoms with van der Waals surface area (Å²) in [5.74, 6) is -0.0747. The standard InChI is InChI=1S/C18H28N2O4/c1-12-6-5-8-14(10-12)24-15(21)11-20-16(22)18(19-17(20)23)9-4-3-7-13(18)2/h12-14H,3-11H2,1-2H3,(H,19,23). The van der Waals surface area contributed by atoms with E-state index in [0.29, 0.717) is 12.3 Å². The zero-order valence-corrected chi connectivity index (χ0v) is 14.7. The van der Waals surface area contributed by atoms with Gasteiger partial charge in [0.1, 0.15) is 18.2 Å². The Hall–Kier alpha value is -1.59. The topological polar surface area (TPSA) is 75.7 Å². The molecule has 0 radical (unpaired) electrons. The molecule has 2 aliphatic carbocycles. The number of urea groups is 1. The Bertz CT molecular complexity index is 535. The second-order valence-electron chi connectivity index (χ2n) is 7.82. The maximum Gasteiger partial charge on any atom is 0.326 e. The Balaban J connectivity index is 1.61. The van der Waals surface area contributed by atoms with E-state index in [1.165, 1.54) is 6.42 Å². The molecule has 2 saturated carbocycles. The van der Waals surface area contributed by atoms with E-state index in [9.17, 15) is 14.4 Å². The highest BCUT2D eigenvalue weighted by Crippen LogP contribution is 2.38. The fraction of sp³-hybridized carbons (Fsp3) is 0.833. The van der Waals surface area contributed by atoms with Crippen molar-refractivity contribution >= 4 is 17.9 Å². The van der Waals surface area contributed by atoms with Gasteiger partial charge in [0.2, 0.25) is 0 Å². The van der Waals surface area contributed by atoms with E-state index in [1.54, 1.807) is 0 Å². The van der Waals surface area contributed by atoms with Crippen LogP contribution in [-0.2, 0) is 14.3 Å². The Morgan fingerprint density at radius 2 is 2.00 bits per heavy atom. The van der Waals surface area contributed by atoms with Crippen LogP contribution in [-0.4, -0.2) is 41.0 Å². The minimum absolute atomic E-state index is 0.0791. The monoisotopic (exact) mass is 336 g/mol. The molecular formula is C18H28N2O4. The lowest BCUT2D eigenvalue weighted by atomic mass is 9.73. The fourth-order valence-corrected chi connectivity index (χ4v) is 4.48.